The Morgan fingerprint density at radius 3 is 2.44 bits per heavy atom. The van der Waals surface area contributed by atoms with Gasteiger partial charge in [-0.15, -0.1) is 0 Å². The van der Waals surface area contributed by atoms with E-state index in [9.17, 15) is 0 Å². The Labute approximate surface area is 98.3 Å². The van der Waals surface area contributed by atoms with Crippen molar-refractivity contribution in [2.75, 3.05) is 14.1 Å². The summed E-state index contributed by atoms with van der Waals surface area (Å²) in [6, 6.07) is 0. The highest BCUT2D eigenvalue weighted by Crippen LogP contribution is 2.23. The van der Waals surface area contributed by atoms with E-state index in [0.29, 0.717) is 0 Å². The van der Waals surface area contributed by atoms with Crippen LogP contribution in [0.15, 0.2) is 52.2 Å². The van der Waals surface area contributed by atoms with Gasteiger partial charge in [-0.1, -0.05) is 12.7 Å². The van der Waals surface area contributed by atoms with Crippen molar-refractivity contribution in [3.8, 4) is 0 Å². The van der Waals surface area contributed by atoms with Gasteiger partial charge in [0.25, 0.3) is 0 Å². The molecule has 0 fully saturated rings. The summed E-state index contributed by atoms with van der Waals surface area (Å²) < 4.78 is 0. The molecule has 0 N–H and O–H groups in total. The molecule has 86 valence electrons. The average molecular weight is 216 g/mol. The second-order valence-electron chi connectivity index (χ2n) is 4.22. The molecule has 0 saturated carbocycles. The second kappa shape index (κ2) is 4.97. The minimum absolute atomic E-state index is 0.970. The van der Waals surface area contributed by atoms with Crippen LogP contribution < -0.4 is 0 Å². The van der Waals surface area contributed by atoms with Gasteiger partial charge < -0.3 is 5.01 Å². The first-order valence-electron chi connectivity index (χ1n) is 5.44. The topological polar surface area (TPSA) is 15.6 Å². The molecule has 1 rings (SSSR count). The Balaban J connectivity index is 3.12. The van der Waals surface area contributed by atoms with Crippen molar-refractivity contribution in [1.29, 1.82) is 0 Å². The lowest BCUT2D eigenvalue weighted by Crippen LogP contribution is -2.14. The molecule has 1 aliphatic carbocycles. The highest BCUT2D eigenvalue weighted by molar-refractivity contribution is 6.15. The maximum absolute atomic E-state index is 4.44. The third-order valence-corrected chi connectivity index (χ3v) is 2.57. The number of hydrogen-bond acceptors (Lipinski definition) is 2. The molecular weight excluding hydrogens is 196 g/mol. The third-order valence-electron chi connectivity index (χ3n) is 2.57. The summed E-state index contributed by atoms with van der Waals surface area (Å²) in [6.45, 7) is 10.3. The number of nitrogens with zero attached hydrogens (tertiary/aromatic N) is 2. The van der Waals surface area contributed by atoms with Crippen molar-refractivity contribution in [1.82, 2.24) is 5.01 Å². The zero-order chi connectivity index (χ0) is 12.3. The molecule has 2 heteroatoms. The molecule has 0 aromatic carbocycles. The van der Waals surface area contributed by atoms with Crippen molar-refractivity contribution >= 4 is 5.71 Å². The molecule has 0 aliphatic heterocycles. The van der Waals surface area contributed by atoms with Crippen LogP contribution in [-0.2, 0) is 0 Å². The minimum Gasteiger partial charge on any atom is -0.303 e. The van der Waals surface area contributed by atoms with E-state index in [1.54, 1.807) is 5.01 Å². The van der Waals surface area contributed by atoms with Gasteiger partial charge in [-0.2, -0.15) is 5.10 Å². The Morgan fingerprint density at radius 2 is 2.00 bits per heavy atom. The molecule has 0 heterocycles. The molecule has 0 amide bonds. The van der Waals surface area contributed by atoms with Gasteiger partial charge in [0.1, 0.15) is 0 Å². The fourth-order valence-electron chi connectivity index (χ4n) is 1.59. The quantitative estimate of drug-likeness (QED) is 0.647. The van der Waals surface area contributed by atoms with E-state index in [1.807, 2.05) is 21.0 Å². The van der Waals surface area contributed by atoms with E-state index in [1.165, 1.54) is 11.1 Å². The number of hydrazone groups is 1. The Bertz CT molecular complexity index is 418. The maximum atomic E-state index is 4.44. The van der Waals surface area contributed by atoms with Gasteiger partial charge in [-0.3, -0.25) is 0 Å². The zero-order valence-corrected chi connectivity index (χ0v) is 10.8. The number of hydrogen-bond donors (Lipinski definition) is 0. The molecule has 0 atom stereocenters. The molecule has 16 heavy (non-hydrogen) atoms. The van der Waals surface area contributed by atoms with Crippen LogP contribution in [0.1, 0.15) is 20.8 Å². The lowest BCUT2D eigenvalue weighted by atomic mass is 9.91. The first-order valence-corrected chi connectivity index (χ1v) is 5.44. The number of rotatable bonds is 2. The third kappa shape index (κ3) is 2.72. The first-order chi connectivity index (χ1) is 7.45. The fourth-order valence-corrected chi connectivity index (χ4v) is 1.59. The predicted molar refractivity (Wildman–Crippen MR) is 71.5 cm³/mol. The van der Waals surface area contributed by atoms with Crippen LogP contribution in [0, 0.1) is 0 Å². The van der Waals surface area contributed by atoms with E-state index in [2.05, 4.69) is 43.8 Å². The standard InChI is InChI=1S/C14H20N2/c1-7-10(2)13-8-11(3)14(12(4)9-13)15-16(5)6/h7-9H,3H2,1-2,4-6H3/b10-7+,15-14+. The molecule has 0 saturated heterocycles. The summed E-state index contributed by atoms with van der Waals surface area (Å²) in [5.74, 6) is 0. The van der Waals surface area contributed by atoms with Gasteiger partial charge in [0.2, 0.25) is 0 Å². The molecule has 0 spiro atoms. The van der Waals surface area contributed by atoms with E-state index in [4.69, 9.17) is 0 Å². The van der Waals surface area contributed by atoms with Crippen molar-refractivity contribution in [2.45, 2.75) is 20.8 Å². The maximum Gasteiger partial charge on any atom is 0.0927 e. The SMILES string of the molecule is C=C1C=C(/C(C)=C/C)C=C(C)/C1=N/N(C)C. The minimum atomic E-state index is 0.970. The molecule has 0 bridgehead atoms. The summed E-state index contributed by atoms with van der Waals surface area (Å²) in [5, 5.41) is 6.24. The van der Waals surface area contributed by atoms with Crippen molar-refractivity contribution in [3.63, 3.8) is 0 Å². The first kappa shape index (κ1) is 12.5. The van der Waals surface area contributed by atoms with Crippen molar-refractivity contribution < 1.29 is 0 Å². The molecule has 2 nitrogen and oxygen atoms in total. The van der Waals surface area contributed by atoms with Gasteiger partial charge in [0.05, 0.1) is 5.71 Å². The fraction of sp³-hybridized carbons (Fsp3) is 0.357. The zero-order valence-electron chi connectivity index (χ0n) is 10.8. The van der Waals surface area contributed by atoms with E-state index in [0.717, 1.165) is 16.9 Å². The van der Waals surface area contributed by atoms with Crippen LogP contribution in [0.25, 0.3) is 0 Å². The van der Waals surface area contributed by atoms with Gasteiger partial charge in [0, 0.05) is 14.1 Å². The van der Waals surface area contributed by atoms with E-state index in [-0.39, 0.29) is 0 Å². The van der Waals surface area contributed by atoms with Crippen LogP contribution in [-0.4, -0.2) is 24.8 Å². The van der Waals surface area contributed by atoms with Crippen LogP contribution in [0.3, 0.4) is 0 Å². The molecular formula is C14H20N2. The second-order valence-corrected chi connectivity index (χ2v) is 4.22. The Hall–Kier alpha value is -1.57. The van der Waals surface area contributed by atoms with Crippen LogP contribution in [0.4, 0.5) is 0 Å². The largest absolute Gasteiger partial charge is 0.303 e. The van der Waals surface area contributed by atoms with E-state index < -0.39 is 0 Å². The van der Waals surface area contributed by atoms with Crippen molar-refractivity contribution in [3.05, 3.63) is 47.1 Å². The van der Waals surface area contributed by atoms with Crippen LogP contribution in [0.5, 0.6) is 0 Å². The summed E-state index contributed by atoms with van der Waals surface area (Å²) in [7, 11) is 3.84. The monoisotopic (exact) mass is 216 g/mol. The lowest BCUT2D eigenvalue weighted by Gasteiger charge is -2.17. The predicted octanol–water partition coefficient (Wildman–Crippen LogP) is 3.31. The van der Waals surface area contributed by atoms with Crippen LogP contribution >= 0.6 is 0 Å². The summed E-state index contributed by atoms with van der Waals surface area (Å²) >= 11 is 0. The Morgan fingerprint density at radius 1 is 1.38 bits per heavy atom. The summed E-state index contributed by atoms with van der Waals surface area (Å²) in [5.41, 5.74) is 5.60. The van der Waals surface area contributed by atoms with Gasteiger partial charge in [-0.25, -0.2) is 0 Å². The highest BCUT2D eigenvalue weighted by Gasteiger charge is 2.13. The van der Waals surface area contributed by atoms with Gasteiger partial charge >= 0.3 is 0 Å². The van der Waals surface area contributed by atoms with Crippen LogP contribution in [0.2, 0.25) is 0 Å². The summed E-state index contributed by atoms with van der Waals surface area (Å²) in [6.07, 6.45) is 6.36. The van der Waals surface area contributed by atoms with Gasteiger partial charge in [0.15, 0.2) is 0 Å². The molecule has 1 aliphatic rings. The summed E-state index contributed by atoms with van der Waals surface area (Å²) in [4.78, 5) is 0. The highest BCUT2D eigenvalue weighted by atomic mass is 15.4. The number of allylic oxidation sites excluding steroid dienone is 7. The Kier molecular flexibility index (Phi) is 3.88. The lowest BCUT2D eigenvalue weighted by molar-refractivity contribution is 0.438. The molecule has 0 aromatic rings. The normalized spacial score (nSPS) is 19.7. The smallest absolute Gasteiger partial charge is 0.0927 e. The average Bonchev–Trinajstić information content (AvgIpc) is 2.21. The van der Waals surface area contributed by atoms with Gasteiger partial charge in [-0.05, 0) is 55.2 Å². The molecule has 0 aromatic heterocycles. The molecule has 0 unspecified atom stereocenters. The van der Waals surface area contributed by atoms with E-state index >= 15 is 0 Å². The molecule has 0 radical (unpaired) electrons. The van der Waals surface area contributed by atoms with Crippen molar-refractivity contribution in [2.24, 2.45) is 5.10 Å².